The summed E-state index contributed by atoms with van der Waals surface area (Å²) in [5, 5.41) is 10.9. The average molecular weight is 255 g/mol. The molecule has 5 nitrogen and oxygen atoms in total. The second-order valence-electron chi connectivity index (χ2n) is 4.49. The molecule has 0 aliphatic carbocycles. The van der Waals surface area contributed by atoms with E-state index in [0.717, 1.165) is 42.4 Å². The standard InChI is InChI=1S/C14H17N5/c1-19-13(6-7-18-19)11-4-2-3-5-12(11)17-10-14-15-8-9-16-14/h2-7,17H,8-10H2,1H3,(H,15,16). The molecule has 1 aromatic carbocycles. The fraction of sp³-hybridized carbons (Fsp3) is 0.286. The van der Waals surface area contributed by atoms with Gasteiger partial charge in [-0.3, -0.25) is 9.67 Å². The van der Waals surface area contributed by atoms with E-state index in [2.05, 4.69) is 32.9 Å². The normalized spacial score (nSPS) is 14.1. The lowest BCUT2D eigenvalue weighted by Gasteiger charge is -2.12. The average Bonchev–Trinajstić information content (AvgIpc) is 3.08. The topological polar surface area (TPSA) is 54.2 Å². The second kappa shape index (κ2) is 5.14. The van der Waals surface area contributed by atoms with E-state index in [4.69, 9.17) is 0 Å². The Morgan fingerprint density at radius 2 is 2.21 bits per heavy atom. The first-order valence-electron chi connectivity index (χ1n) is 6.43. The van der Waals surface area contributed by atoms with E-state index in [0.29, 0.717) is 0 Å². The number of rotatable bonds is 4. The molecule has 5 heteroatoms. The molecule has 0 radical (unpaired) electrons. The van der Waals surface area contributed by atoms with Gasteiger partial charge in [0.2, 0.25) is 0 Å². The van der Waals surface area contributed by atoms with Crippen LogP contribution in [-0.4, -0.2) is 35.3 Å². The van der Waals surface area contributed by atoms with Gasteiger partial charge in [-0.2, -0.15) is 5.10 Å². The van der Waals surface area contributed by atoms with E-state index in [1.165, 1.54) is 0 Å². The lowest BCUT2D eigenvalue weighted by molar-refractivity contribution is 0.776. The summed E-state index contributed by atoms with van der Waals surface area (Å²) in [6.07, 6.45) is 1.81. The number of nitrogens with one attached hydrogen (secondary N) is 2. The summed E-state index contributed by atoms with van der Waals surface area (Å²) in [6, 6.07) is 10.3. The van der Waals surface area contributed by atoms with Gasteiger partial charge in [-0.1, -0.05) is 18.2 Å². The maximum atomic E-state index is 4.39. The highest BCUT2D eigenvalue weighted by Gasteiger charge is 2.09. The lowest BCUT2D eigenvalue weighted by atomic mass is 10.1. The molecule has 0 unspecified atom stereocenters. The summed E-state index contributed by atoms with van der Waals surface area (Å²) in [7, 11) is 1.95. The number of anilines is 1. The van der Waals surface area contributed by atoms with Crippen LogP contribution in [0.15, 0.2) is 41.5 Å². The second-order valence-corrected chi connectivity index (χ2v) is 4.49. The molecule has 19 heavy (non-hydrogen) atoms. The van der Waals surface area contributed by atoms with Crippen molar-refractivity contribution in [2.24, 2.45) is 12.0 Å². The Bertz CT molecular complexity index is 599. The molecule has 98 valence electrons. The van der Waals surface area contributed by atoms with Gasteiger partial charge in [0.15, 0.2) is 0 Å². The summed E-state index contributed by atoms with van der Waals surface area (Å²) in [5.74, 6) is 1.03. The van der Waals surface area contributed by atoms with E-state index < -0.39 is 0 Å². The monoisotopic (exact) mass is 255 g/mol. The highest BCUT2D eigenvalue weighted by molar-refractivity contribution is 5.88. The minimum atomic E-state index is 0.731. The molecule has 1 aliphatic rings. The van der Waals surface area contributed by atoms with Gasteiger partial charge in [0.1, 0.15) is 5.84 Å². The number of nitrogens with zero attached hydrogens (tertiary/aromatic N) is 3. The number of hydrogen-bond donors (Lipinski definition) is 2. The van der Waals surface area contributed by atoms with Crippen molar-refractivity contribution in [3.8, 4) is 11.3 Å². The summed E-state index contributed by atoms with van der Waals surface area (Å²) < 4.78 is 1.88. The van der Waals surface area contributed by atoms with Crippen LogP contribution < -0.4 is 10.6 Å². The van der Waals surface area contributed by atoms with Crippen molar-refractivity contribution >= 4 is 11.5 Å². The Balaban J connectivity index is 1.83. The molecule has 2 heterocycles. The molecule has 0 bridgehead atoms. The van der Waals surface area contributed by atoms with Gasteiger partial charge in [0, 0.05) is 31.0 Å². The van der Waals surface area contributed by atoms with Crippen molar-refractivity contribution in [2.45, 2.75) is 0 Å². The Morgan fingerprint density at radius 1 is 1.32 bits per heavy atom. The first-order valence-corrected chi connectivity index (χ1v) is 6.43. The summed E-state index contributed by atoms with van der Waals surface area (Å²) in [6.45, 7) is 2.55. The molecule has 0 spiro atoms. The van der Waals surface area contributed by atoms with Crippen molar-refractivity contribution in [3.63, 3.8) is 0 Å². The molecule has 2 N–H and O–H groups in total. The summed E-state index contributed by atoms with van der Waals surface area (Å²) >= 11 is 0. The number of aryl methyl sites for hydroxylation is 1. The molecular weight excluding hydrogens is 238 g/mol. The van der Waals surface area contributed by atoms with Crippen molar-refractivity contribution in [2.75, 3.05) is 25.0 Å². The van der Waals surface area contributed by atoms with Crippen LogP contribution in [0.3, 0.4) is 0 Å². The smallest absolute Gasteiger partial charge is 0.116 e. The van der Waals surface area contributed by atoms with E-state index in [9.17, 15) is 0 Å². The van der Waals surface area contributed by atoms with Crippen molar-refractivity contribution in [1.82, 2.24) is 15.1 Å². The summed E-state index contributed by atoms with van der Waals surface area (Å²) in [4.78, 5) is 4.39. The van der Waals surface area contributed by atoms with Crippen molar-refractivity contribution in [3.05, 3.63) is 36.5 Å². The van der Waals surface area contributed by atoms with Crippen LogP contribution in [0.4, 0.5) is 5.69 Å². The largest absolute Gasteiger partial charge is 0.377 e. The van der Waals surface area contributed by atoms with Gasteiger partial charge < -0.3 is 10.6 Å². The SMILES string of the molecule is Cn1nccc1-c1ccccc1NCC1=NCCN1. The quantitative estimate of drug-likeness (QED) is 0.870. The van der Waals surface area contributed by atoms with E-state index in [-0.39, 0.29) is 0 Å². The number of benzene rings is 1. The third kappa shape index (κ3) is 2.45. The van der Waals surface area contributed by atoms with Crippen LogP contribution in [0.2, 0.25) is 0 Å². The molecule has 0 saturated carbocycles. The third-order valence-corrected chi connectivity index (χ3v) is 3.21. The Morgan fingerprint density at radius 3 is 2.95 bits per heavy atom. The first kappa shape index (κ1) is 11.8. The van der Waals surface area contributed by atoms with E-state index >= 15 is 0 Å². The van der Waals surface area contributed by atoms with Gasteiger partial charge in [-0.15, -0.1) is 0 Å². The van der Waals surface area contributed by atoms with E-state index in [1.54, 1.807) is 0 Å². The number of aliphatic imine (C=N–C) groups is 1. The molecule has 0 saturated heterocycles. The van der Waals surface area contributed by atoms with Gasteiger partial charge in [0.25, 0.3) is 0 Å². The molecule has 3 rings (SSSR count). The maximum absolute atomic E-state index is 4.39. The van der Waals surface area contributed by atoms with Crippen LogP contribution >= 0.6 is 0 Å². The summed E-state index contributed by atoms with van der Waals surface area (Å²) in [5.41, 5.74) is 3.35. The maximum Gasteiger partial charge on any atom is 0.116 e. The third-order valence-electron chi connectivity index (χ3n) is 3.21. The molecule has 2 aromatic rings. The predicted octanol–water partition coefficient (Wildman–Crippen LogP) is 1.50. The zero-order chi connectivity index (χ0) is 13.1. The van der Waals surface area contributed by atoms with Gasteiger partial charge in [-0.05, 0) is 12.1 Å². The van der Waals surface area contributed by atoms with Gasteiger partial charge >= 0.3 is 0 Å². The molecule has 0 atom stereocenters. The minimum absolute atomic E-state index is 0.731. The van der Waals surface area contributed by atoms with Crippen LogP contribution in [0.1, 0.15) is 0 Å². The van der Waals surface area contributed by atoms with Gasteiger partial charge in [-0.25, -0.2) is 0 Å². The molecule has 1 aliphatic heterocycles. The Labute approximate surface area is 112 Å². The Hall–Kier alpha value is -2.30. The number of aromatic nitrogens is 2. The lowest BCUT2D eigenvalue weighted by Crippen LogP contribution is -2.26. The molecule has 0 amide bonds. The van der Waals surface area contributed by atoms with Crippen molar-refractivity contribution < 1.29 is 0 Å². The first-order chi connectivity index (χ1) is 9.34. The van der Waals surface area contributed by atoms with Gasteiger partial charge in [0.05, 0.1) is 18.8 Å². The van der Waals surface area contributed by atoms with Crippen LogP contribution in [0.25, 0.3) is 11.3 Å². The van der Waals surface area contributed by atoms with Crippen LogP contribution in [0, 0.1) is 0 Å². The zero-order valence-corrected chi connectivity index (χ0v) is 10.9. The molecule has 0 fully saturated rings. The highest BCUT2D eigenvalue weighted by atomic mass is 15.3. The number of amidine groups is 1. The fourth-order valence-corrected chi connectivity index (χ4v) is 2.24. The molecule has 1 aromatic heterocycles. The predicted molar refractivity (Wildman–Crippen MR) is 77.4 cm³/mol. The number of hydrogen-bond acceptors (Lipinski definition) is 4. The fourth-order valence-electron chi connectivity index (χ4n) is 2.24. The molecular formula is C14H17N5. The zero-order valence-electron chi connectivity index (χ0n) is 10.9. The Kier molecular flexibility index (Phi) is 3.18. The van der Waals surface area contributed by atoms with E-state index in [1.807, 2.05) is 36.1 Å². The minimum Gasteiger partial charge on any atom is -0.377 e. The van der Waals surface area contributed by atoms with Crippen LogP contribution in [-0.2, 0) is 7.05 Å². The highest BCUT2D eigenvalue weighted by Crippen LogP contribution is 2.26. The van der Waals surface area contributed by atoms with Crippen molar-refractivity contribution in [1.29, 1.82) is 0 Å². The van der Waals surface area contributed by atoms with Crippen LogP contribution in [0.5, 0.6) is 0 Å². The number of para-hydroxylation sites is 1.